The highest BCUT2D eigenvalue weighted by Crippen LogP contribution is 2.46. The SMILES string of the molecule is BC(C(C)C)N(CC(C)C)[C@H]1CC=C2C[C@H]2C1. The van der Waals surface area contributed by atoms with Crippen molar-refractivity contribution in [2.24, 2.45) is 17.8 Å². The van der Waals surface area contributed by atoms with E-state index >= 15 is 0 Å². The van der Waals surface area contributed by atoms with Gasteiger partial charge in [-0.25, -0.2) is 0 Å². The lowest BCUT2D eigenvalue weighted by atomic mass is 9.81. The monoisotopic (exact) mass is 233 g/mol. The number of rotatable bonds is 5. The zero-order chi connectivity index (χ0) is 12.6. The Bertz CT molecular complexity index is 295. The van der Waals surface area contributed by atoms with E-state index in [1.807, 2.05) is 0 Å². The second kappa shape index (κ2) is 5.18. The maximum absolute atomic E-state index is 2.79. The molecule has 0 aromatic heterocycles. The van der Waals surface area contributed by atoms with E-state index < -0.39 is 0 Å². The molecule has 2 heteroatoms. The minimum atomic E-state index is 0.719. The van der Waals surface area contributed by atoms with Crippen LogP contribution in [-0.2, 0) is 0 Å². The first kappa shape index (κ1) is 13.2. The molecular formula is C15H28BN. The number of fused-ring (bicyclic) bond motifs is 1. The molecule has 0 radical (unpaired) electrons. The summed E-state index contributed by atoms with van der Waals surface area (Å²) in [5.74, 6) is 3.22. The van der Waals surface area contributed by atoms with Gasteiger partial charge in [-0.1, -0.05) is 39.3 Å². The second-order valence-electron chi connectivity index (χ2n) is 6.88. The Labute approximate surface area is 108 Å². The Morgan fingerprint density at radius 1 is 1.35 bits per heavy atom. The normalized spacial score (nSPS) is 29.5. The molecule has 2 aliphatic carbocycles. The van der Waals surface area contributed by atoms with Crippen molar-refractivity contribution in [2.75, 3.05) is 6.54 Å². The molecule has 0 N–H and O–H groups in total. The fourth-order valence-electron chi connectivity index (χ4n) is 3.15. The number of hydrogen-bond acceptors (Lipinski definition) is 1. The van der Waals surface area contributed by atoms with E-state index in [2.05, 4.69) is 46.5 Å². The van der Waals surface area contributed by atoms with Crippen LogP contribution in [0.1, 0.15) is 47.0 Å². The van der Waals surface area contributed by atoms with Gasteiger partial charge in [0.25, 0.3) is 0 Å². The van der Waals surface area contributed by atoms with Crippen molar-refractivity contribution in [1.29, 1.82) is 0 Å². The van der Waals surface area contributed by atoms with Crippen LogP contribution in [0.15, 0.2) is 11.6 Å². The molecule has 0 bridgehead atoms. The minimum Gasteiger partial charge on any atom is -0.305 e. The fourth-order valence-corrected chi connectivity index (χ4v) is 3.15. The molecule has 96 valence electrons. The van der Waals surface area contributed by atoms with Crippen LogP contribution in [0.3, 0.4) is 0 Å². The molecule has 1 nitrogen and oxygen atoms in total. The first-order valence-corrected chi connectivity index (χ1v) is 7.43. The van der Waals surface area contributed by atoms with Gasteiger partial charge in [-0.15, -0.1) is 0 Å². The predicted octanol–water partition coefficient (Wildman–Crippen LogP) is 2.67. The van der Waals surface area contributed by atoms with Crippen LogP contribution in [-0.4, -0.2) is 31.3 Å². The van der Waals surface area contributed by atoms with E-state index in [9.17, 15) is 0 Å². The molecule has 3 atom stereocenters. The Balaban J connectivity index is 2.01. The molecule has 0 spiro atoms. The average Bonchev–Trinajstić information content (AvgIpc) is 3.02. The van der Waals surface area contributed by atoms with Crippen LogP contribution in [0.5, 0.6) is 0 Å². The summed E-state index contributed by atoms with van der Waals surface area (Å²) in [6, 6.07) is 0.811. The highest BCUT2D eigenvalue weighted by molar-refractivity contribution is 6.11. The van der Waals surface area contributed by atoms with E-state index in [-0.39, 0.29) is 0 Å². The lowest BCUT2D eigenvalue weighted by Crippen LogP contribution is -2.48. The Kier molecular flexibility index (Phi) is 4.02. The maximum atomic E-state index is 2.79. The van der Waals surface area contributed by atoms with Crippen molar-refractivity contribution in [3.05, 3.63) is 11.6 Å². The molecule has 2 rings (SSSR count). The molecule has 1 saturated carbocycles. The van der Waals surface area contributed by atoms with Gasteiger partial charge >= 0.3 is 0 Å². The molecule has 0 aliphatic heterocycles. The highest BCUT2D eigenvalue weighted by Gasteiger charge is 2.38. The first-order chi connectivity index (χ1) is 7.99. The van der Waals surface area contributed by atoms with Crippen molar-refractivity contribution in [3.8, 4) is 0 Å². The molecule has 2 aliphatic rings. The molecule has 1 fully saturated rings. The van der Waals surface area contributed by atoms with E-state index in [0.29, 0.717) is 0 Å². The zero-order valence-electron chi connectivity index (χ0n) is 12.2. The van der Waals surface area contributed by atoms with Crippen molar-refractivity contribution in [2.45, 2.75) is 58.9 Å². The quantitative estimate of drug-likeness (QED) is 0.521. The second-order valence-corrected chi connectivity index (χ2v) is 6.88. The largest absolute Gasteiger partial charge is 0.305 e. The van der Waals surface area contributed by atoms with Gasteiger partial charge in [0, 0.05) is 12.6 Å². The van der Waals surface area contributed by atoms with Crippen LogP contribution in [0, 0.1) is 17.8 Å². The molecule has 0 aromatic rings. The van der Waals surface area contributed by atoms with E-state index in [1.165, 1.54) is 25.8 Å². The topological polar surface area (TPSA) is 3.24 Å². The molecule has 0 amide bonds. The van der Waals surface area contributed by atoms with Gasteiger partial charge in [0.05, 0.1) is 0 Å². The van der Waals surface area contributed by atoms with Gasteiger partial charge in [-0.3, -0.25) is 0 Å². The smallest absolute Gasteiger partial charge is 0.124 e. The third-order valence-corrected chi connectivity index (χ3v) is 4.59. The van der Waals surface area contributed by atoms with Crippen LogP contribution in [0.4, 0.5) is 0 Å². The van der Waals surface area contributed by atoms with Gasteiger partial charge < -0.3 is 4.90 Å². The molecule has 17 heavy (non-hydrogen) atoms. The third kappa shape index (κ3) is 3.16. The summed E-state index contributed by atoms with van der Waals surface area (Å²) in [4.78, 5) is 2.79. The van der Waals surface area contributed by atoms with Crippen molar-refractivity contribution < 1.29 is 0 Å². The molecule has 1 unspecified atom stereocenters. The van der Waals surface area contributed by atoms with Gasteiger partial charge in [0.15, 0.2) is 0 Å². The summed E-state index contributed by atoms with van der Waals surface area (Å²) in [6.07, 6.45) is 6.66. The van der Waals surface area contributed by atoms with Gasteiger partial charge in [-0.05, 0) is 43.0 Å². The van der Waals surface area contributed by atoms with Crippen LogP contribution < -0.4 is 0 Å². The summed E-state index contributed by atoms with van der Waals surface area (Å²) in [5, 5.41) is 0. The average molecular weight is 233 g/mol. The Hall–Kier alpha value is -0.235. The standard InChI is InChI=1S/C15H28BN/c1-10(2)9-17(15(16)11(3)4)14-6-5-12-7-13(12)8-14/h5,10-11,13-15H,6-9,16H2,1-4H3/t13-,14-,15?/m0/s1. The van der Waals surface area contributed by atoms with E-state index in [4.69, 9.17) is 0 Å². The fraction of sp³-hybridized carbons (Fsp3) is 0.867. The van der Waals surface area contributed by atoms with Crippen LogP contribution in [0.2, 0.25) is 0 Å². The molecule has 0 saturated heterocycles. The van der Waals surface area contributed by atoms with Crippen molar-refractivity contribution in [1.82, 2.24) is 4.90 Å². The number of hydrogen-bond donors (Lipinski definition) is 0. The van der Waals surface area contributed by atoms with Crippen LogP contribution >= 0.6 is 0 Å². The maximum Gasteiger partial charge on any atom is 0.124 e. The van der Waals surface area contributed by atoms with Gasteiger partial charge in [-0.2, -0.15) is 0 Å². The van der Waals surface area contributed by atoms with Crippen LogP contribution in [0.25, 0.3) is 0 Å². The van der Waals surface area contributed by atoms with Crippen molar-refractivity contribution >= 4 is 7.85 Å². The van der Waals surface area contributed by atoms with Crippen molar-refractivity contribution in [3.63, 3.8) is 0 Å². The summed E-state index contributed by atoms with van der Waals surface area (Å²) in [5.41, 5.74) is 1.75. The zero-order valence-corrected chi connectivity index (χ0v) is 12.2. The number of allylic oxidation sites excluding steroid dienone is 1. The summed E-state index contributed by atoms with van der Waals surface area (Å²) in [6.45, 7) is 10.7. The Morgan fingerprint density at radius 3 is 2.59 bits per heavy atom. The van der Waals surface area contributed by atoms with E-state index in [1.54, 1.807) is 5.57 Å². The highest BCUT2D eigenvalue weighted by atomic mass is 15.2. The van der Waals surface area contributed by atoms with Gasteiger partial charge in [0.1, 0.15) is 7.85 Å². The minimum absolute atomic E-state index is 0.719. The molecular weight excluding hydrogens is 205 g/mol. The molecule has 0 heterocycles. The number of nitrogens with zero attached hydrogens (tertiary/aromatic N) is 1. The molecule has 0 aromatic carbocycles. The third-order valence-electron chi connectivity index (χ3n) is 4.59. The summed E-state index contributed by atoms with van der Waals surface area (Å²) < 4.78 is 0. The lowest BCUT2D eigenvalue weighted by molar-refractivity contribution is 0.121. The predicted molar refractivity (Wildman–Crippen MR) is 77.9 cm³/mol. The first-order valence-electron chi connectivity index (χ1n) is 7.43. The Morgan fingerprint density at radius 2 is 2.06 bits per heavy atom. The summed E-state index contributed by atoms with van der Waals surface area (Å²) in [7, 11) is 2.42. The van der Waals surface area contributed by atoms with Gasteiger partial charge in [0.2, 0.25) is 0 Å². The lowest BCUT2D eigenvalue weighted by Gasteiger charge is -2.40. The summed E-state index contributed by atoms with van der Waals surface area (Å²) >= 11 is 0. The van der Waals surface area contributed by atoms with E-state index in [0.717, 1.165) is 29.7 Å².